The molecule has 0 radical (unpaired) electrons. The van der Waals surface area contributed by atoms with Crippen molar-refractivity contribution in [1.82, 2.24) is 4.57 Å². The number of benzene rings is 3. The summed E-state index contributed by atoms with van der Waals surface area (Å²) in [6.07, 6.45) is 0.760. The van der Waals surface area contributed by atoms with Crippen LogP contribution in [0.25, 0.3) is 21.9 Å². The number of nitrogens with zero attached hydrogens (tertiary/aromatic N) is 1. The van der Waals surface area contributed by atoms with Crippen LogP contribution >= 0.6 is 0 Å². The van der Waals surface area contributed by atoms with Crippen LogP contribution in [0.1, 0.15) is 34.1 Å². The van der Waals surface area contributed by atoms with Gasteiger partial charge in [-0.05, 0) is 48.4 Å². The first-order valence-electron chi connectivity index (χ1n) is 11.6. The quantitative estimate of drug-likeness (QED) is 0.396. The number of hydrogen-bond donors (Lipinski definition) is 1. The fourth-order valence-electron chi connectivity index (χ4n) is 4.29. The molecule has 0 saturated heterocycles. The Bertz CT molecular complexity index is 1480. The summed E-state index contributed by atoms with van der Waals surface area (Å²) in [5.74, 6) is -1.17. The largest absolute Gasteiger partial charge is 0.451 e. The number of nitrogens with one attached hydrogen (secondary N) is 1. The van der Waals surface area contributed by atoms with E-state index in [1.165, 1.54) is 4.57 Å². The summed E-state index contributed by atoms with van der Waals surface area (Å²) in [7, 11) is 1.55. The van der Waals surface area contributed by atoms with E-state index in [2.05, 4.69) is 5.32 Å². The molecule has 0 fully saturated rings. The Labute approximate surface area is 204 Å². The lowest BCUT2D eigenvalue weighted by atomic mass is 9.96. The molecule has 1 heterocycles. The maximum absolute atomic E-state index is 13.3. The first kappa shape index (κ1) is 24.0. The molecule has 6 nitrogen and oxygen atoms in total. The lowest BCUT2D eigenvalue weighted by Gasteiger charge is -2.17. The second-order valence-electron chi connectivity index (χ2n) is 8.59. The van der Waals surface area contributed by atoms with Gasteiger partial charge in [-0.3, -0.25) is 9.59 Å². The van der Waals surface area contributed by atoms with Gasteiger partial charge in [0.05, 0.1) is 0 Å². The number of fused-ring (bicyclic) bond motifs is 1. The van der Waals surface area contributed by atoms with E-state index in [1.807, 2.05) is 75.4 Å². The average molecular weight is 469 g/mol. The zero-order chi connectivity index (χ0) is 25.1. The number of rotatable bonds is 6. The van der Waals surface area contributed by atoms with Crippen LogP contribution in [0.2, 0.25) is 0 Å². The normalized spacial score (nSPS) is 10.9. The van der Waals surface area contributed by atoms with Gasteiger partial charge in [0.2, 0.25) is 0 Å². The Kier molecular flexibility index (Phi) is 6.82. The van der Waals surface area contributed by atoms with Crippen LogP contribution < -0.4 is 10.9 Å². The second kappa shape index (κ2) is 9.97. The van der Waals surface area contributed by atoms with Gasteiger partial charge in [-0.25, -0.2) is 4.79 Å². The standard InChI is InChI=1S/C29H28N2O4/c1-5-20-10-8-9-19(3)26(20)30-24(32)17-35-29(34)27-25(21-15-13-18(2)14-16-21)22-11-6-7-12-23(22)28(33)31(27)4/h6-16H,5,17H2,1-4H3,(H,30,32). The van der Waals surface area contributed by atoms with Crippen LogP contribution in [0.4, 0.5) is 5.69 Å². The topological polar surface area (TPSA) is 77.4 Å². The maximum Gasteiger partial charge on any atom is 0.356 e. The van der Waals surface area contributed by atoms with Crippen molar-refractivity contribution in [2.24, 2.45) is 7.05 Å². The number of aromatic nitrogens is 1. The van der Waals surface area contributed by atoms with Crippen LogP contribution in [-0.4, -0.2) is 23.1 Å². The summed E-state index contributed by atoms with van der Waals surface area (Å²) in [5.41, 5.74) is 4.93. The number of amides is 1. The number of carbonyl (C=O) groups is 2. The fraction of sp³-hybridized carbons (Fsp3) is 0.207. The zero-order valence-corrected chi connectivity index (χ0v) is 20.3. The predicted molar refractivity (Wildman–Crippen MR) is 139 cm³/mol. The molecule has 1 aromatic heterocycles. The molecule has 0 aliphatic carbocycles. The van der Waals surface area contributed by atoms with Crippen molar-refractivity contribution >= 4 is 28.3 Å². The monoisotopic (exact) mass is 468 g/mol. The summed E-state index contributed by atoms with van der Waals surface area (Å²) >= 11 is 0. The van der Waals surface area contributed by atoms with Gasteiger partial charge in [-0.1, -0.05) is 73.2 Å². The molecule has 3 aromatic carbocycles. The molecule has 35 heavy (non-hydrogen) atoms. The molecule has 0 aliphatic heterocycles. The van der Waals surface area contributed by atoms with Gasteiger partial charge in [0, 0.05) is 23.7 Å². The first-order chi connectivity index (χ1) is 16.8. The number of ether oxygens (including phenoxy) is 1. The Morgan fingerprint density at radius 2 is 1.60 bits per heavy atom. The van der Waals surface area contributed by atoms with E-state index in [4.69, 9.17) is 4.74 Å². The van der Waals surface area contributed by atoms with Crippen LogP contribution in [0, 0.1) is 13.8 Å². The minimum absolute atomic E-state index is 0.107. The van der Waals surface area contributed by atoms with Crippen LogP contribution in [0.5, 0.6) is 0 Å². The van der Waals surface area contributed by atoms with Gasteiger partial charge < -0.3 is 14.6 Å². The van der Waals surface area contributed by atoms with E-state index in [1.54, 1.807) is 19.2 Å². The molecule has 0 spiro atoms. The van der Waals surface area contributed by atoms with E-state index in [0.717, 1.165) is 34.4 Å². The number of para-hydroxylation sites is 1. The molecular formula is C29H28N2O4. The van der Waals surface area contributed by atoms with Gasteiger partial charge in [0.15, 0.2) is 6.61 Å². The summed E-state index contributed by atoms with van der Waals surface area (Å²) in [6.45, 7) is 5.44. The fourth-order valence-corrected chi connectivity index (χ4v) is 4.29. The second-order valence-corrected chi connectivity index (χ2v) is 8.59. The van der Waals surface area contributed by atoms with Gasteiger partial charge in [-0.2, -0.15) is 0 Å². The molecular weight excluding hydrogens is 440 g/mol. The van der Waals surface area contributed by atoms with E-state index < -0.39 is 18.5 Å². The van der Waals surface area contributed by atoms with Gasteiger partial charge in [0.25, 0.3) is 11.5 Å². The van der Waals surface area contributed by atoms with E-state index in [0.29, 0.717) is 16.3 Å². The smallest absolute Gasteiger partial charge is 0.356 e. The highest BCUT2D eigenvalue weighted by atomic mass is 16.5. The van der Waals surface area contributed by atoms with Gasteiger partial charge in [0.1, 0.15) is 5.69 Å². The third-order valence-corrected chi connectivity index (χ3v) is 6.18. The van der Waals surface area contributed by atoms with Crippen molar-refractivity contribution in [3.05, 3.63) is 99.5 Å². The lowest BCUT2D eigenvalue weighted by Crippen LogP contribution is -2.28. The van der Waals surface area contributed by atoms with E-state index >= 15 is 0 Å². The Hall–Kier alpha value is -4.19. The molecule has 0 saturated carbocycles. The number of pyridine rings is 1. The maximum atomic E-state index is 13.3. The number of hydrogen-bond acceptors (Lipinski definition) is 4. The molecule has 1 N–H and O–H groups in total. The predicted octanol–water partition coefficient (Wildman–Crippen LogP) is 5.18. The van der Waals surface area contributed by atoms with Crippen molar-refractivity contribution in [2.75, 3.05) is 11.9 Å². The summed E-state index contributed by atoms with van der Waals surface area (Å²) in [5, 5.41) is 4.02. The molecule has 178 valence electrons. The molecule has 6 heteroatoms. The van der Waals surface area contributed by atoms with Gasteiger partial charge >= 0.3 is 5.97 Å². The molecule has 0 bridgehead atoms. The molecule has 0 unspecified atom stereocenters. The van der Waals surface area contributed by atoms with Crippen LogP contribution in [0.15, 0.2) is 71.5 Å². The highest BCUT2D eigenvalue weighted by molar-refractivity contribution is 6.07. The molecule has 0 atom stereocenters. The highest BCUT2D eigenvalue weighted by Crippen LogP contribution is 2.31. The van der Waals surface area contributed by atoms with E-state index in [9.17, 15) is 14.4 Å². The summed E-state index contributed by atoms with van der Waals surface area (Å²) < 4.78 is 6.74. The number of carbonyl (C=O) groups excluding carboxylic acids is 2. The SMILES string of the molecule is CCc1cccc(C)c1NC(=O)COC(=O)c1c(-c2ccc(C)cc2)c2ccccc2c(=O)n1C. The van der Waals surface area contributed by atoms with E-state index in [-0.39, 0.29) is 11.3 Å². The minimum atomic E-state index is -0.735. The lowest BCUT2D eigenvalue weighted by molar-refractivity contribution is -0.119. The average Bonchev–Trinajstić information content (AvgIpc) is 2.86. The molecule has 1 amide bonds. The molecule has 0 aliphatic rings. The van der Waals surface area contributed by atoms with Crippen molar-refractivity contribution in [3.8, 4) is 11.1 Å². The van der Waals surface area contributed by atoms with Crippen molar-refractivity contribution < 1.29 is 14.3 Å². The van der Waals surface area contributed by atoms with Crippen molar-refractivity contribution in [3.63, 3.8) is 0 Å². The van der Waals surface area contributed by atoms with Crippen LogP contribution in [-0.2, 0) is 23.0 Å². The highest BCUT2D eigenvalue weighted by Gasteiger charge is 2.23. The number of aryl methyl sites for hydroxylation is 3. The van der Waals surface area contributed by atoms with Crippen LogP contribution in [0.3, 0.4) is 0 Å². The van der Waals surface area contributed by atoms with Crippen molar-refractivity contribution in [2.45, 2.75) is 27.2 Å². The molecule has 4 rings (SSSR count). The number of anilines is 1. The first-order valence-corrected chi connectivity index (χ1v) is 11.6. The Morgan fingerprint density at radius 3 is 2.29 bits per heavy atom. The Morgan fingerprint density at radius 1 is 0.914 bits per heavy atom. The minimum Gasteiger partial charge on any atom is -0.451 e. The summed E-state index contributed by atoms with van der Waals surface area (Å²) in [6, 6.07) is 20.7. The van der Waals surface area contributed by atoms with Gasteiger partial charge in [-0.15, -0.1) is 0 Å². The Balaban J connectivity index is 1.69. The zero-order valence-electron chi connectivity index (χ0n) is 20.3. The third kappa shape index (κ3) is 4.73. The third-order valence-electron chi connectivity index (χ3n) is 6.18. The molecule has 4 aromatic rings. The number of esters is 1. The summed E-state index contributed by atoms with van der Waals surface area (Å²) in [4.78, 5) is 39.0. The van der Waals surface area contributed by atoms with Crippen molar-refractivity contribution in [1.29, 1.82) is 0 Å².